The molecule has 0 spiro atoms. The molecule has 0 bridgehead atoms. The van der Waals surface area contributed by atoms with Crippen molar-refractivity contribution in [2.75, 3.05) is 19.6 Å². The van der Waals surface area contributed by atoms with Gasteiger partial charge < -0.3 is 15.5 Å². The van der Waals surface area contributed by atoms with Crippen LogP contribution in [0.25, 0.3) is 0 Å². The van der Waals surface area contributed by atoms with Gasteiger partial charge in [0.05, 0.1) is 12.5 Å². The molecule has 0 unspecified atom stereocenters. The minimum absolute atomic E-state index is 0.0452. The first-order valence-electron chi connectivity index (χ1n) is 13.9. The number of fused-ring (bicyclic) bond motifs is 1. The quantitative estimate of drug-likeness (QED) is 0.285. The lowest BCUT2D eigenvalue weighted by molar-refractivity contribution is -0.151. The molecule has 4 fully saturated rings. The smallest absolute Gasteiger partial charge is 0.291 e. The Morgan fingerprint density at radius 1 is 1.21 bits per heavy atom. The van der Waals surface area contributed by atoms with Crippen LogP contribution in [0.4, 0.5) is 8.78 Å². The van der Waals surface area contributed by atoms with Crippen molar-refractivity contribution >= 4 is 41.1 Å². The number of rotatable bonds is 9. The molecule has 2 aliphatic carbocycles. The molecule has 2 saturated heterocycles. The van der Waals surface area contributed by atoms with Gasteiger partial charge in [0.25, 0.3) is 23.4 Å². The van der Waals surface area contributed by atoms with Crippen molar-refractivity contribution in [2.24, 2.45) is 23.7 Å². The van der Waals surface area contributed by atoms with Crippen molar-refractivity contribution in [1.82, 2.24) is 26.0 Å². The van der Waals surface area contributed by atoms with Crippen molar-refractivity contribution in [3.63, 3.8) is 0 Å². The maximum atomic E-state index is 14.8. The third kappa shape index (κ3) is 6.00. The fourth-order valence-corrected chi connectivity index (χ4v) is 6.38. The Morgan fingerprint density at radius 2 is 1.92 bits per heavy atom. The van der Waals surface area contributed by atoms with Crippen LogP contribution in [0.2, 0.25) is 0 Å². The molecule has 2 aliphatic heterocycles. The Morgan fingerprint density at radius 3 is 2.49 bits per heavy atom. The van der Waals surface area contributed by atoms with Gasteiger partial charge in [-0.15, -0.1) is 0 Å². The van der Waals surface area contributed by atoms with E-state index in [-0.39, 0.29) is 49.6 Å². The molecule has 4 aliphatic rings. The molecule has 5 amide bonds. The van der Waals surface area contributed by atoms with Crippen LogP contribution >= 0.6 is 11.6 Å². The number of nitrogens with one attached hydrogen (secondary N) is 3. The maximum absolute atomic E-state index is 14.8. The molecule has 4 rings (SSSR count). The molecule has 218 valence electrons. The Bertz CT molecular complexity index is 996. The van der Waals surface area contributed by atoms with Crippen LogP contribution in [0.15, 0.2) is 0 Å². The summed E-state index contributed by atoms with van der Waals surface area (Å²) >= 11 is 5.41. The van der Waals surface area contributed by atoms with Gasteiger partial charge in [0.1, 0.15) is 12.1 Å². The van der Waals surface area contributed by atoms with Gasteiger partial charge in [-0.05, 0) is 56.3 Å². The first-order valence-corrected chi connectivity index (χ1v) is 14.4. The van der Waals surface area contributed by atoms with E-state index in [1.54, 1.807) is 6.92 Å². The number of carbonyl (C=O) groups is 5. The van der Waals surface area contributed by atoms with Gasteiger partial charge in [-0.3, -0.25) is 29.4 Å². The first kappa shape index (κ1) is 29.5. The summed E-state index contributed by atoms with van der Waals surface area (Å²) in [5, 5.41) is 6.00. The monoisotopic (exact) mass is 573 g/mol. The highest BCUT2D eigenvalue weighted by atomic mass is 35.5. The van der Waals surface area contributed by atoms with Gasteiger partial charge in [-0.25, -0.2) is 13.8 Å². The molecule has 10 nitrogen and oxygen atoms in total. The number of nitrogens with zero attached hydrogens (tertiary/aromatic N) is 2. The van der Waals surface area contributed by atoms with Crippen molar-refractivity contribution in [1.29, 1.82) is 0 Å². The zero-order valence-electron chi connectivity index (χ0n) is 22.4. The Balaban J connectivity index is 1.55. The largest absolute Gasteiger partial charge is 0.356 e. The van der Waals surface area contributed by atoms with Crippen LogP contribution in [0.5, 0.6) is 0 Å². The second-order valence-electron chi connectivity index (χ2n) is 11.4. The number of hydrogen-bond acceptors (Lipinski definition) is 5. The molecular weight excluding hydrogens is 536 g/mol. The van der Waals surface area contributed by atoms with E-state index in [1.807, 2.05) is 6.92 Å². The second kappa shape index (κ2) is 11.9. The number of carbonyl (C=O) groups excluding carboxylic acids is 5. The van der Waals surface area contributed by atoms with E-state index < -0.39 is 52.9 Å². The zero-order valence-corrected chi connectivity index (χ0v) is 23.1. The highest BCUT2D eigenvalue weighted by Crippen LogP contribution is 2.43. The average molecular weight is 574 g/mol. The van der Waals surface area contributed by atoms with Crippen LogP contribution < -0.4 is 16.1 Å². The van der Waals surface area contributed by atoms with E-state index in [2.05, 4.69) is 16.1 Å². The third-order valence-corrected chi connectivity index (χ3v) is 9.21. The molecule has 13 heteroatoms. The lowest BCUT2D eigenvalue weighted by atomic mass is 9.81. The summed E-state index contributed by atoms with van der Waals surface area (Å²) in [5.74, 6) is -4.61. The van der Waals surface area contributed by atoms with Gasteiger partial charge >= 0.3 is 0 Å². The Labute approximate surface area is 231 Å². The summed E-state index contributed by atoms with van der Waals surface area (Å²) in [6, 6.07) is -2.00. The molecule has 39 heavy (non-hydrogen) atoms. The number of hydrogen-bond donors (Lipinski definition) is 3. The highest BCUT2D eigenvalue weighted by molar-refractivity contribution is 6.29. The number of amides is 5. The molecule has 0 aromatic rings. The van der Waals surface area contributed by atoms with E-state index in [0.29, 0.717) is 32.2 Å². The Kier molecular flexibility index (Phi) is 9.02. The van der Waals surface area contributed by atoms with Crippen LogP contribution in [-0.2, 0) is 24.0 Å². The fourth-order valence-electron chi connectivity index (χ4n) is 6.26. The predicted octanol–water partition coefficient (Wildman–Crippen LogP) is 1.57. The fraction of sp³-hybridized carbons (Fsp3) is 0.808. The van der Waals surface area contributed by atoms with Crippen molar-refractivity contribution in [2.45, 2.75) is 88.6 Å². The van der Waals surface area contributed by atoms with Crippen LogP contribution in [0.3, 0.4) is 0 Å². The highest BCUT2D eigenvalue weighted by Gasteiger charge is 2.52. The molecule has 7 atom stereocenters. The van der Waals surface area contributed by atoms with E-state index in [4.69, 9.17) is 11.6 Å². The minimum Gasteiger partial charge on any atom is -0.356 e. The van der Waals surface area contributed by atoms with Gasteiger partial charge in [0, 0.05) is 13.1 Å². The molecule has 0 aromatic carbocycles. The zero-order chi connectivity index (χ0) is 28.5. The molecule has 3 N–H and O–H groups in total. The number of hydrazine groups is 1. The second-order valence-corrected chi connectivity index (χ2v) is 11.8. The third-order valence-electron chi connectivity index (χ3n) is 9.02. The summed E-state index contributed by atoms with van der Waals surface area (Å²) in [4.78, 5) is 66.3. The van der Waals surface area contributed by atoms with E-state index >= 15 is 0 Å². The van der Waals surface area contributed by atoms with Crippen molar-refractivity contribution < 1.29 is 32.8 Å². The normalized spacial score (nSPS) is 29.5. The minimum atomic E-state index is -2.43. The van der Waals surface area contributed by atoms with Gasteiger partial charge in [-0.1, -0.05) is 38.3 Å². The van der Waals surface area contributed by atoms with Gasteiger partial charge in [0.2, 0.25) is 11.8 Å². The van der Waals surface area contributed by atoms with Gasteiger partial charge in [0.15, 0.2) is 5.67 Å². The molecule has 0 aromatic heterocycles. The van der Waals surface area contributed by atoms with Crippen molar-refractivity contribution in [3.05, 3.63) is 0 Å². The lowest BCUT2D eigenvalue weighted by Gasteiger charge is -2.37. The van der Waals surface area contributed by atoms with Gasteiger partial charge in [-0.2, -0.15) is 0 Å². The topological polar surface area (TPSA) is 128 Å². The summed E-state index contributed by atoms with van der Waals surface area (Å²) in [6.07, 6.45) is 4.12. The SMILES string of the molecule is CC[C@H](C)[C@H](NC(=O)C1(F)CCC1)C(=O)N1C[C@@H]2CCC[C@@H]2[C@H]1C(=O)NN(C[C@@H]1CCNC1=O)C(=O)[C@H](F)Cl. The summed E-state index contributed by atoms with van der Waals surface area (Å²) in [5.41, 5.74) is -1.97. The van der Waals surface area contributed by atoms with E-state index in [1.165, 1.54) is 4.90 Å². The summed E-state index contributed by atoms with van der Waals surface area (Å²) in [6.45, 7) is 4.07. The standard InChI is InChI=1S/C26H38ClF2N5O5/c1-3-14(2)18(31-25(39)26(29)9-5-10-26)23(37)33-12-15-6-4-7-17(15)19(33)22(36)32-34(24(38)20(27)28)13-16-8-11-30-21(16)35/h14-20H,3-13H2,1-2H3,(H,30,35)(H,31,39)(H,32,36)/t14-,15-,16-,17-,18-,19-,20-/m0/s1. The predicted molar refractivity (Wildman–Crippen MR) is 137 cm³/mol. The van der Waals surface area contributed by atoms with E-state index in [9.17, 15) is 32.8 Å². The number of halogens is 3. The van der Waals surface area contributed by atoms with Crippen molar-refractivity contribution in [3.8, 4) is 0 Å². The molecular formula is C26H38ClF2N5O5. The van der Waals surface area contributed by atoms with Crippen LogP contribution in [0.1, 0.15) is 65.2 Å². The van der Waals surface area contributed by atoms with Crippen LogP contribution in [-0.4, -0.2) is 82.5 Å². The average Bonchev–Trinajstić information content (AvgIpc) is 3.60. The number of likely N-dealkylation sites (tertiary alicyclic amines) is 1. The van der Waals surface area contributed by atoms with E-state index in [0.717, 1.165) is 17.9 Å². The first-order chi connectivity index (χ1) is 18.5. The summed E-state index contributed by atoms with van der Waals surface area (Å²) in [7, 11) is 0. The van der Waals surface area contributed by atoms with Crippen LogP contribution in [0, 0.1) is 23.7 Å². The molecule has 2 heterocycles. The maximum Gasteiger partial charge on any atom is 0.291 e. The lowest BCUT2D eigenvalue weighted by Crippen LogP contribution is -2.61. The number of alkyl halides is 3. The molecule has 0 radical (unpaired) electrons. The Hall–Kier alpha value is -2.50. The summed E-state index contributed by atoms with van der Waals surface area (Å²) < 4.78 is 28.7. The molecule has 2 saturated carbocycles.